The van der Waals surface area contributed by atoms with Crippen LogP contribution in [0.3, 0.4) is 0 Å². The van der Waals surface area contributed by atoms with Gasteiger partial charge in [0, 0.05) is 38.0 Å². The number of likely N-dealkylation sites (N-methyl/N-ethyl adjacent to an activating group) is 1. The van der Waals surface area contributed by atoms with Gasteiger partial charge in [-0.3, -0.25) is 28.7 Å². The first-order chi connectivity index (χ1) is 31.2. The largest absolute Gasteiger partial charge is 0.497 e. The second-order valence-corrected chi connectivity index (χ2v) is 23.2. The molecule has 17 nitrogen and oxygen atoms in total. The van der Waals surface area contributed by atoms with Crippen LogP contribution in [-0.4, -0.2) is 128 Å². The zero-order chi connectivity index (χ0) is 47.6. The average molecular weight is 938 g/mol. The van der Waals surface area contributed by atoms with E-state index < -0.39 is 67.5 Å². The minimum atomic E-state index is -3.94. The zero-order valence-corrected chi connectivity index (χ0v) is 40.1. The first-order valence-electron chi connectivity index (χ1n) is 24.0. The molecule has 5 unspecified atom stereocenters. The molecule has 6 amide bonds. The van der Waals surface area contributed by atoms with Crippen LogP contribution in [0.25, 0.3) is 0 Å². The second-order valence-electron chi connectivity index (χ2n) is 21.0. The fourth-order valence-corrected chi connectivity index (χ4v) is 11.2. The first-order valence-corrected chi connectivity index (χ1v) is 25.5. The fourth-order valence-electron chi connectivity index (χ4n) is 9.84. The molecule has 364 valence electrons. The number of amides is 6. The molecule has 7 rings (SSSR count). The van der Waals surface area contributed by atoms with Gasteiger partial charge in [-0.2, -0.15) is 0 Å². The summed E-state index contributed by atoms with van der Waals surface area (Å²) < 4.78 is 39.1. The molecule has 0 bridgehead atoms. The Labute approximate surface area is 389 Å². The number of nitrogens with zero attached hydrogens (tertiary/aromatic N) is 2. The minimum Gasteiger partial charge on any atom is -0.497 e. The van der Waals surface area contributed by atoms with Crippen molar-refractivity contribution in [1.82, 2.24) is 35.8 Å². The summed E-state index contributed by atoms with van der Waals surface area (Å²) in [4.78, 5) is 83.3. The van der Waals surface area contributed by atoms with E-state index in [0.717, 1.165) is 63.8 Å². The maximum Gasteiger partial charge on any atom is 0.408 e. The van der Waals surface area contributed by atoms with Crippen LogP contribution >= 0.6 is 0 Å². The van der Waals surface area contributed by atoms with Gasteiger partial charge in [-0.25, -0.2) is 13.2 Å². The number of likely N-dealkylation sites (tertiary alicyclic amines) is 1. The lowest BCUT2D eigenvalue weighted by Crippen LogP contribution is -2.60. The van der Waals surface area contributed by atoms with Crippen LogP contribution in [-0.2, 0) is 43.5 Å². The number of hydrogen-bond donors (Lipinski definition) is 5. The van der Waals surface area contributed by atoms with Gasteiger partial charge in [-0.1, -0.05) is 64.0 Å². The summed E-state index contributed by atoms with van der Waals surface area (Å²) in [6.45, 7) is 13.2. The quantitative estimate of drug-likeness (QED) is 0.0780. The normalized spacial score (nSPS) is 29.9. The zero-order valence-electron chi connectivity index (χ0n) is 39.3. The van der Waals surface area contributed by atoms with Crippen LogP contribution in [0.4, 0.5) is 4.79 Å². The van der Waals surface area contributed by atoms with Gasteiger partial charge in [-0.15, -0.1) is 6.58 Å². The molecule has 3 saturated carbocycles. The highest BCUT2D eigenvalue weighted by Gasteiger charge is 2.63. The van der Waals surface area contributed by atoms with Crippen LogP contribution in [0.1, 0.15) is 118 Å². The van der Waals surface area contributed by atoms with Gasteiger partial charge >= 0.3 is 6.09 Å². The number of rotatable bonds is 22. The maximum absolute atomic E-state index is 14.2. The van der Waals surface area contributed by atoms with Gasteiger partial charge in [0.15, 0.2) is 0 Å². The molecule has 0 spiro atoms. The molecule has 66 heavy (non-hydrogen) atoms. The van der Waals surface area contributed by atoms with Crippen molar-refractivity contribution in [1.29, 1.82) is 0 Å². The molecule has 0 aromatic rings. The topological polar surface area (TPSA) is 222 Å². The molecule has 4 aliphatic carbocycles. The maximum atomic E-state index is 14.2. The van der Waals surface area contributed by atoms with Crippen molar-refractivity contribution in [2.75, 3.05) is 33.3 Å². The van der Waals surface area contributed by atoms with Crippen molar-refractivity contribution < 1.29 is 46.7 Å². The fraction of sp³-hybridized carbons (Fsp3) is 0.708. The molecule has 0 radical (unpaired) electrons. The predicted octanol–water partition coefficient (Wildman–Crippen LogP) is 3.63. The third kappa shape index (κ3) is 11.3. The van der Waals surface area contributed by atoms with E-state index in [0.29, 0.717) is 50.7 Å². The van der Waals surface area contributed by atoms with Gasteiger partial charge in [0.25, 0.3) is 11.8 Å². The van der Waals surface area contributed by atoms with E-state index in [9.17, 15) is 37.2 Å². The molecule has 5 N–H and O–H groups in total. The Balaban J connectivity index is 0.855. The van der Waals surface area contributed by atoms with Gasteiger partial charge in [0.05, 0.1) is 28.9 Å². The van der Waals surface area contributed by atoms with Crippen molar-refractivity contribution in [2.45, 2.75) is 158 Å². The van der Waals surface area contributed by atoms with Gasteiger partial charge < -0.3 is 40.5 Å². The highest BCUT2D eigenvalue weighted by molar-refractivity contribution is 7.91. The van der Waals surface area contributed by atoms with Gasteiger partial charge in [-0.05, 0) is 95.9 Å². The summed E-state index contributed by atoms with van der Waals surface area (Å²) in [7, 11) is -1.90. The van der Waals surface area contributed by atoms with E-state index >= 15 is 0 Å². The molecule has 2 saturated heterocycles. The van der Waals surface area contributed by atoms with Crippen LogP contribution in [0.5, 0.6) is 0 Å². The van der Waals surface area contributed by atoms with E-state index in [-0.39, 0.29) is 54.8 Å². The van der Waals surface area contributed by atoms with E-state index in [2.05, 4.69) is 43.5 Å². The Morgan fingerprint density at radius 2 is 1.82 bits per heavy atom. The van der Waals surface area contributed by atoms with Gasteiger partial charge in [0.2, 0.25) is 27.7 Å². The second kappa shape index (κ2) is 19.9. The average Bonchev–Trinajstić information content (AvgIpc) is 4.21. The molecule has 3 heterocycles. The SMILES string of the molecule is C=C[C@@H]1C[C@]1(NC(=O)C1CCCN1C(=O)[C@@H](NC(=O)OC1C[C@H]1CCCCCC1=C(OCCCN(C)CC2CCC(=O)N2)C2C=CC=CC2NC1=O)C(C)(C)C)C(=O)NS(=O)(=O)C1(C)CC1. The number of ether oxygens (including phenoxy) is 2. The molecular formula is C48H71N7O10S. The third-order valence-electron chi connectivity index (χ3n) is 14.6. The smallest absolute Gasteiger partial charge is 0.408 e. The number of hydrogen-bond acceptors (Lipinski definition) is 11. The summed E-state index contributed by atoms with van der Waals surface area (Å²) in [6.07, 6.45) is 17.5. The lowest BCUT2D eigenvalue weighted by atomic mass is 9.85. The van der Waals surface area contributed by atoms with Gasteiger partial charge in [0.1, 0.15) is 29.5 Å². The molecule has 0 aromatic carbocycles. The Morgan fingerprint density at radius 1 is 1.06 bits per heavy atom. The predicted molar refractivity (Wildman–Crippen MR) is 246 cm³/mol. The molecule has 3 aliphatic heterocycles. The number of carbonyl (C=O) groups is 6. The van der Waals surface area contributed by atoms with Crippen LogP contribution in [0.2, 0.25) is 0 Å². The van der Waals surface area contributed by atoms with Crippen molar-refractivity contribution in [2.24, 2.45) is 23.2 Å². The van der Waals surface area contributed by atoms with Crippen LogP contribution in [0.15, 0.2) is 48.3 Å². The molecule has 0 aromatic heterocycles. The Bertz CT molecular complexity index is 2130. The summed E-state index contributed by atoms with van der Waals surface area (Å²) in [5.74, 6) is -1.37. The van der Waals surface area contributed by atoms with Crippen molar-refractivity contribution in [3.05, 3.63) is 48.3 Å². The molecular weight excluding hydrogens is 867 g/mol. The Hall–Kier alpha value is -4.71. The lowest BCUT2D eigenvalue weighted by molar-refractivity contribution is -0.142. The first kappa shape index (κ1) is 49.2. The molecule has 18 heteroatoms. The number of carbonyl (C=O) groups excluding carboxylic acids is 6. The highest BCUT2D eigenvalue weighted by atomic mass is 32.2. The van der Waals surface area contributed by atoms with Crippen LogP contribution < -0.4 is 26.0 Å². The lowest BCUT2D eigenvalue weighted by Gasteiger charge is -2.35. The monoisotopic (exact) mass is 937 g/mol. The van der Waals surface area contributed by atoms with Crippen molar-refractivity contribution >= 4 is 45.7 Å². The summed E-state index contributed by atoms with van der Waals surface area (Å²) in [6, 6.07) is -1.88. The number of alkyl carbamates (subject to hydrolysis) is 1. The van der Waals surface area contributed by atoms with Crippen molar-refractivity contribution in [3.8, 4) is 0 Å². The van der Waals surface area contributed by atoms with Crippen molar-refractivity contribution in [3.63, 3.8) is 0 Å². The number of allylic oxidation sites excluding steroid dienone is 2. The molecule has 5 fully saturated rings. The summed E-state index contributed by atoms with van der Waals surface area (Å²) in [5.41, 5.74) is -1.53. The van der Waals surface area contributed by atoms with E-state index in [1.54, 1.807) is 6.92 Å². The minimum absolute atomic E-state index is 0.0517. The van der Waals surface area contributed by atoms with E-state index in [1.165, 1.54) is 11.0 Å². The number of sulfonamides is 1. The third-order valence-corrected chi connectivity index (χ3v) is 16.7. The molecule has 9 atom stereocenters. The highest BCUT2D eigenvalue weighted by Crippen LogP contribution is 2.47. The van der Waals surface area contributed by atoms with E-state index in [4.69, 9.17) is 9.47 Å². The Morgan fingerprint density at radius 3 is 2.50 bits per heavy atom. The number of nitrogens with one attached hydrogen (secondary N) is 5. The van der Waals surface area contributed by atoms with Crippen LogP contribution in [0, 0.1) is 23.2 Å². The van der Waals surface area contributed by atoms with E-state index in [1.807, 2.05) is 46.0 Å². The molecule has 7 aliphatic rings. The summed E-state index contributed by atoms with van der Waals surface area (Å²) >= 11 is 0. The number of unbranched alkanes of at least 4 members (excludes halogenated alkanes) is 2. The Kier molecular flexibility index (Phi) is 14.8. The summed E-state index contributed by atoms with van der Waals surface area (Å²) in [5, 5.41) is 11.7. The standard InChI is InChI=1S/C48H71N7O10S/c1-7-31-28-48(31,44(60)53-66(62,63)47(5)22-23-47)52-42(58)36-19-13-25-55(36)43(59)40(46(2,3)4)51-45(61)65-37-27-30(37)15-9-8-10-17-34-39(33-16-11-12-18-35(33)50-41(34)57)64-26-14-24-54(6)29-32-20-21-38(56)49-32/h7,11-12,16,18,30-33,35-37,40H,1,8-10,13-15,17,19-29H2,2-6H3,(H,49,56)(H,50,57)(H,51,61)(H,52,58)(H,53,60)/t30-,31-,32?,33?,35?,36?,37?,40-,48-/m1/s1. The number of fused-ring (bicyclic) bond motifs is 1.